The van der Waals surface area contributed by atoms with Gasteiger partial charge in [0.05, 0.1) is 19.3 Å². The van der Waals surface area contributed by atoms with Gasteiger partial charge in [0.1, 0.15) is 11.5 Å². The second-order valence-corrected chi connectivity index (χ2v) is 5.78. The highest BCUT2D eigenvalue weighted by Gasteiger charge is 2.27. The molecule has 24 heavy (non-hydrogen) atoms. The number of furan rings is 1. The number of aryl methyl sites for hydroxylation is 2. The van der Waals surface area contributed by atoms with E-state index in [1.165, 1.54) is 6.33 Å². The van der Waals surface area contributed by atoms with Crippen LogP contribution in [0.5, 0.6) is 0 Å². The van der Waals surface area contributed by atoms with Crippen LogP contribution in [0, 0.1) is 17.0 Å². The molecule has 1 atom stereocenters. The Bertz CT molecular complexity index is 705. The summed E-state index contributed by atoms with van der Waals surface area (Å²) in [7, 11) is 1.73. The molecular formula is C15H21N5O4. The predicted molar refractivity (Wildman–Crippen MR) is 86.9 cm³/mol. The molecule has 0 spiro atoms. The standard InChI is InChI=1S/C15H21N5O4/c1-11-3-4-13(24-11)12(19-5-7-23-8-6-19)9-16-14-15(20(21)22)17-10-18(14)2/h3-4,10,12,16H,5-9H2,1-2H3. The highest BCUT2D eigenvalue weighted by molar-refractivity contribution is 5.52. The van der Waals surface area contributed by atoms with Crippen molar-refractivity contribution < 1.29 is 14.1 Å². The summed E-state index contributed by atoms with van der Waals surface area (Å²) in [5.74, 6) is 1.90. The zero-order chi connectivity index (χ0) is 17.1. The smallest absolute Gasteiger partial charge is 0.406 e. The van der Waals surface area contributed by atoms with Gasteiger partial charge in [0.2, 0.25) is 12.1 Å². The van der Waals surface area contributed by atoms with Gasteiger partial charge in [-0.25, -0.2) is 0 Å². The molecule has 3 rings (SSSR count). The summed E-state index contributed by atoms with van der Waals surface area (Å²) in [5.41, 5.74) is 0. The zero-order valence-electron chi connectivity index (χ0n) is 13.8. The zero-order valence-corrected chi connectivity index (χ0v) is 13.8. The van der Waals surface area contributed by atoms with Crippen molar-refractivity contribution in [2.24, 2.45) is 7.05 Å². The van der Waals surface area contributed by atoms with E-state index < -0.39 is 4.92 Å². The Labute approximate surface area is 139 Å². The van der Waals surface area contributed by atoms with Crippen LogP contribution in [0.3, 0.4) is 0 Å². The van der Waals surface area contributed by atoms with E-state index in [2.05, 4.69) is 15.2 Å². The van der Waals surface area contributed by atoms with Crippen LogP contribution in [0.4, 0.5) is 11.6 Å². The highest BCUT2D eigenvalue weighted by Crippen LogP contribution is 2.27. The van der Waals surface area contributed by atoms with Crippen molar-refractivity contribution in [2.75, 3.05) is 38.2 Å². The minimum atomic E-state index is -0.483. The van der Waals surface area contributed by atoms with E-state index >= 15 is 0 Å². The van der Waals surface area contributed by atoms with Crippen LogP contribution in [-0.2, 0) is 11.8 Å². The van der Waals surface area contributed by atoms with E-state index in [4.69, 9.17) is 9.15 Å². The molecule has 1 fully saturated rings. The fourth-order valence-electron chi connectivity index (χ4n) is 2.88. The fourth-order valence-corrected chi connectivity index (χ4v) is 2.88. The number of hydrogen-bond acceptors (Lipinski definition) is 7. The van der Waals surface area contributed by atoms with E-state index in [0.717, 1.165) is 24.6 Å². The number of anilines is 1. The Morgan fingerprint density at radius 3 is 2.79 bits per heavy atom. The molecule has 1 N–H and O–H groups in total. The Balaban J connectivity index is 1.79. The number of ether oxygens (including phenoxy) is 1. The lowest BCUT2D eigenvalue weighted by molar-refractivity contribution is -0.388. The molecule has 1 saturated heterocycles. The molecule has 0 radical (unpaired) electrons. The lowest BCUT2D eigenvalue weighted by atomic mass is 10.1. The number of aromatic nitrogens is 2. The van der Waals surface area contributed by atoms with Gasteiger partial charge >= 0.3 is 5.82 Å². The van der Waals surface area contributed by atoms with Gasteiger partial charge in [-0.2, -0.15) is 0 Å². The van der Waals surface area contributed by atoms with E-state index in [-0.39, 0.29) is 11.9 Å². The van der Waals surface area contributed by atoms with Gasteiger partial charge in [0.25, 0.3) is 0 Å². The molecule has 0 saturated carbocycles. The van der Waals surface area contributed by atoms with Crippen LogP contribution >= 0.6 is 0 Å². The number of nitrogens with zero attached hydrogens (tertiary/aromatic N) is 4. The van der Waals surface area contributed by atoms with Crippen molar-refractivity contribution in [3.05, 3.63) is 40.1 Å². The maximum atomic E-state index is 11.1. The minimum Gasteiger partial charge on any atom is -0.465 e. The average molecular weight is 335 g/mol. The van der Waals surface area contributed by atoms with Crippen molar-refractivity contribution >= 4 is 11.6 Å². The van der Waals surface area contributed by atoms with Crippen molar-refractivity contribution in [1.29, 1.82) is 0 Å². The molecule has 0 bridgehead atoms. The van der Waals surface area contributed by atoms with Crippen molar-refractivity contribution in [2.45, 2.75) is 13.0 Å². The van der Waals surface area contributed by atoms with Crippen LogP contribution in [-0.4, -0.2) is 52.2 Å². The molecule has 9 heteroatoms. The van der Waals surface area contributed by atoms with Gasteiger partial charge in [-0.3, -0.25) is 9.47 Å². The second-order valence-electron chi connectivity index (χ2n) is 5.78. The third kappa shape index (κ3) is 3.41. The topological polar surface area (TPSA) is 98.6 Å². The number of hydrogen-bond donors (Lipinski definition) is 1. The van der Waals surface area contributed by atoms with Crippen LogP contribution in [0.1, 0.15) is 17.6 Å². The Hall–Kier alpha value is -2.39. The molecule has 2 aromatic heterocycles. The molecule has 1 aliphatic heterocycles. The van der Waals surface area contributed by atoms with E-state index in [0.29, 0.717) is 25.6 Å². The van der Waals surface area contributed by atoms with Crippen molar-refractivity contribution in [1.82, 2.24) is 14.5 Å². The van der Waals surface area contributed by atoms with Gasteiger partial charge in [-0.05, 0) is 29.0 Å². The first-order valence-corrected chi connectivity index (χ1v) is 7.84. The SMILES string of the molecule is Cc1ccc(C(CNc2c([N+](=O)[O-])ncn2C)N2CCOCC2)o1. The molecule has 3 heterocycles. The number of nitrogens with one attached hydrogen (secondary N) is 1. The van der Waals surface area contributed by atoms with Gasteiger partial charge in [0, 0.05) is 26.7 Å². The maximum absolute atomic E-state index is 11.1. The Morgan fingerprint density at radius 1 is 1.42 bits per heavy atom. The molecule has 9 nitrogen and oxygen atoms in total. The molecule has 0 aromatic carbocycles. The van der Waals surface area contributed by atoms with Gasteiger partial charge < -0.3 is 24.6 Å². The second kappa shape index (κ2) is 7.02. The predicted octanol–water partition coefficient (Wildman–Crippen LogP) is 1.72. The normalized spacial score (nSPS) is 16.9. The summed E-state index contributed by atoms with van der Waals surface area (Å²) in [6.07, 6.45) is 1.43. The quantitative estimate of drug-likeness (QED) is 0.634. The molecular weight excluding hydrogens is 314 g/mol. The molecule has 1 unspecified atom stereocenters. The van der Waals surface area contributed by atoms with E-state index in [1.54, 1.807) is 11.6 Å². The van der Waals surface area contributed by atoms with Crippen LogP contribution in [0.25, 0.3) is 0 Å². The van der Waals surface area contributed by atoms with Crippen LogP contribution in [0.15, 0.2) is 22.9 Å². The Morgan fingerprint density at radius 2 is 2.17 bits per heavy atom. The van der Waals surface area contributed by atoms with E-state index in [1.807, 2.05) is 19.1 Å². The van der Waals surface area contributed by atoms with Crippen molar-refractivity contribution in [3.63, 3.8) is 0 Å². The summed E-state index contributed by atoms with van der Waals surface area (Å²) in [6.45, 7) is 5.30. The number of rotatable bonds is 6. The summed E-state index contributed by atoms with van der Waals surface area (Å²) < 4.78 is 12.8. The lowest BCUT2D eigenvalue weighted by Crippen LogP contribution is -2.41. The number of nitro groups is 1. The lowest BCUT2D eigenvalue weighted by Gasteiger charge is -2.33. The van der Waals surface area contributed by atoms with E-state index in [9.17, 15) is 10.1 Å². The first-order chi connectivity index (χ1) is 11.6. The minimum absolute atomic E-state index is 0.0305. The monoisotopic (exact) mass is 335 g/mol. The highest BCUT2D eigenvalue weighted by atomic mass is 16.6. The fraction of sp³-hybridized carbons (Fsp3) is 0.533. The largest absolute Gasteiger partial charge is 0.465 e. The maximum Gasteiger partial charge on any atom is 0.406 e. The third-order valence-corrected chi connectivity index (χ3v) is 4.13. The average Bonchev–Trinajstić information content (AvgIpc) is 3.15. The third-order valence-electron chi connectivity index (χ3n) is 4.13. The summed E-state index contributed by atoms with van der Waals surface area (Å²) in [4.78, 5) is 16.7. The summed E-state index contributed by atoms with van der Waals surface area (Å²) >= 11 is 0. The Kier molecular flexibility index (Phi) is 4.81. The first kappa shape index (κ1) is 16.5. The first-order valence-electron chi connectivity index (χ1n) is 7.84. The summed E-state index contributed by atoms with van der Waals surface area (Å²) in [6, 6.07) is 3.85. The molecule has 1 aliphatic rings. The number of morpholine rings is 1. The molecule has 130 valence electrons. The van der Waals surface area contributed by atoms with Gasteiger partial charge in [0.15, 0.2) is 0 Å². The van der Waals surface area contributed by atoms with Crippen molar-refractivity contribution in [3.8, 4) is 0 Å². The van der Waals surface area contributed by atoms with Gasteiger partial charge in [-0.1, -0.05) is 0 Å². The summed E-state index contributed by atoms with van der Waals surface area (Å²) in [5, 5.41) is 14.3. The van der Waals surface area contributed by atoms with Crippen LogP contribution < -0.4 is 5.32 Å². The molecule has 0 aliphatic carbocycles. The molecule has 0 amide bonds. The number of imidazole rings is 1. The van der Waals surface area contributed by atoms with Crippen LogP contribution in [0.2, 0.25) is 0 Å². The molecule has 2 aromatic rings. The van der Waals surface area contributed by atoms with Gasteiger partial charge in [-0.15, -0.1) is 0 Å².